The van der Waals surface area contributed by atoms with Crippen molar-refractivity contribution in [2.45, 2.75) is 39.8 Å². The van der Waals surface area contributed by atoms with Gasteiger partial charge in [-0.2, -0.15) is 15.0 Å². The Bertz CT molecular complexity index is 770. The Morgan fingerprint density at radius 2 is 1.88 bits per heavy atom. The third-order valence-corrected chi connectivity index (χ3v) is 3.43. The Hall–Kier alpha value is -2.74. The van der Waals surface area contributed by atoms with Gasteiger partial charge in [-0.3, -0.25) is 9.69 Å². The average Bonchev–Trinajstić information content (AvgIpc) is 2.46. The number of anilines is 3. The number of likely N-dealkylation sites (N-methyl/N-ethyl adjacent to an activating group) is 1. The normalized spacial score (nSPS) is 11.5. The van der Waals surface area contributed by atoms with Crippen LogP contribution < -0.4 is 16.4 Å². The van der Waals surface area contributed by atoms with Crippen molar-refractivity contribution in [1.29, 1.82) is 0 Å². The zero-order valence-corrected chi connectivity index (χ0v) is 16.0. The molecule has 26 heavy (non-hydrogen) atoms. The Morgan fingerprint density at radius 3 is 2.54 bits per heavy atom. The van der Waals surface area contributed by atoms with Gasteiger partial charge in [0.05, 0.1) is 13.1 Å². The van der Waals surface area contributed by atoms with Crippen LogP contribution in [-0.2, 0) is 11.3 Å². The monoisotopic (exact) mass is 357 g/mol. The van der Waals surface area contributed by atoms with Crippen LogP contribution >= 0.6 is 0 Å². The third-order valence-electron chi connectivity index (χ3n) is 3.43. The van der Waals surface area contributed by atoms with Gasteiger partial charge in [-0.25, -0.2) is 0 Å². The highest BCUT2D eigenvalue weighted by molar-refractivity contribution is 5.78. The Balaban J connectivity index is 2.05. The number of para-hydroxylation sites is 1. The van der Waals surface area contributed by atoms with Crippen LogP contribution in [0, 0.1) is 6.92 Å². The summed E-state index contributed by atoms with van der Waals surface area (Å²) >= 11 is 0. The van der Waals surface area contributed by atoms with E-state index >= 15 is 0 Å². The number of rotatable bonds is 6. The first kappa shape index (κ1) is 19.6. The molecule has 1 aromatic heterocycles. The van der Waals surface area contributed by atoms with Gasteiger partial charge in [0.2, 0.25) is 17.8 Å². The molecule has 0 fully saturated rings. The second-order valence-electron chi connectivity index (χ2n) is 7.34. The number of benzene rings is 1. The maximum Gasteiger partial charge on any atom is 0.234 e. The van der Waals surface area contributed by atoms with Crippen LogP contribution in [0.15, 0.2) is 24.3 Å². The zero-order valence-electron chi connectivity index (χ0n) is 16.0. The first-order valence-corrected chi connectivity index (χ1v) is 8.45. The molecule has 0 unspecified atom stereocenters. The van der Waals surface area contributed by atoms with Crippen molar-refractivity contribution in [1.82, 2.24) is 25.2 Å². The molecule has 0 atom stereocenters. The SMILES string of the molecule is Cc1ccccc1Nc1nc(N)nc(CN(C)CC(=O)NC(C)(C)C)n1. The van der Waals surface area contributed by atoms with Gasteiger partial charge < -0.3 is 16.4 Å². The molecule has 0 saturated carbocycles. The fourth-order valence-corrected chi connectivity index (χ4v) is 2.40. The van der Waals surface area contributed by atoms with Crippen molar-refractivity contribution in [2.75, 3.05) is 24.6 Å². The van der Waals surface area contributed by atoms with E-state index in [1.54, 1.807) is 0 Å². The van der Waals surface area contributed by atoms with E-state index in [1.807, 2.05) is 63.9 Å². The van der Waals surface area contributed by atoms with Gasteiger partial charge >= 0.3 is 0 Å². The van der Waals surface area contributed by atoms with Gasteiger partial charge in [-0.1, -0.05) is 18.2 Å². The molecule has 8 nitrogen and oxygen atoms in total. The van der Waals surface area contributed by atoms with Crippen molar-refractivity contribution in [3.63, 3.8) is 0 Å². The number of hydrogen-bond acceptors (Lipinski definition) is 7. The summed E-state index contributed by atoms with van der Waals surface area (Å²) in [6.07, 6.45) is 0. The molecule has 1 heterocycles. The number of aryl methyl sites for hydroxylation is 1. The van der Waals surface area contributed by atoms with Crippen LogP contribution in [-0.4, -0.2) is 44.9 Å². The smallest absolute Gasteiger partial charge is 0.234 e. The fraction of sp³-hybridized carbons (Fsp3) is 0.444. The molecule has 8 heteroatoms. The molecule has 140 valence electrons. The number of nitrogen functional groups attached to an aromatic ring is 1. The Kier molecular flexibility index (Phi) is 6.10. The predicted molar refractivity (Wildman–Crippen MR) is 103 cm³/mol. The van der Waals surface area contributed by atoms with Crippen molar-refractivity contribution in [3.05, 3.63) is 35.7 Å². The topological polar surface area (TPSA) is 109 Å². The molecular weight excluding hydrogens is 330 g/mol. The fourth-order valence-electron chi connectivity index (χ4n) is 2.40. The minimum atomic E-state index is -0.264. The Labute approximate surface area is 154 Å². The summed E-state index contributed by atoms with van der Waals surface area (Å²) in [5.74, 6) is 0.966. The highest BCUT2D eigenvalue weighted by atomic mass is 16.2. The average molecular weight is 357 g/mol. The number of amides is 1. The van der Waals surface area contributed by atoms with Gasteiger partial charge in [0.1, 0.15) is 5.82 Å². The van der Waals surface area contributed by atoms with Gasteiger partial charge in [0.15, 0.2) is 0 Å². The molecule has 0 radical (unpaired) electrons. The molecule has 0 bridgehead atoms. The van der Waals surface area contributed by atoms with Gasteiger partial charge in [0.25, 0.3) is 0 Å². The van der Waals surface area contributed by atoms with Crippen LogP contribution in [0.1, 0.15) is 32.2 Å². The molecule has 0 aliphatic heterocycles. The molecular formula is C18H27N7O. The summed E-state index contributed by atoms with van der Waals surface area (Å²) in [5, 5.41) is 6.09. The van der Waals surface area contributed by atoms with E-state index in [9.17, 15) is 4.79 Å². The van der Waals surface area contributed by atoms with Gasteiger partial charge in [-0.05, 0) is 46.4 Å². The number of carbonyl (C=O) groups is 1. The van der Waals surface area contributed by atoms with Crippen molar-refractivity contribution >= 4 is 23.5 Å². The molecule has 2 rings (SSSR count). The number of nitrogens with two attached hydrogens (primary N) is 1. The number of aromatic nitrogens is 3. The Morgan fingerprint density at radius 1 is 1.19 bits per heavy atom. The maximum atomic E-state index is 12.0. The first-order valence-electron chi connectivity index (χ1n) is 8.45. The summed E-state index contributed by atoms with van der Waals surface area (Å²) in [5.41, 5.74) is 7.53. The molecule has 0 aliphatic carbocycles. The quantitative estimate of drug-likeness (QED) is 0.724. The number of hydrogen-bond donors (Lipinski definition) is 3. The van der Waals surface area contributed by atoms with Crippen molar-refractivity contribution in [3.8, 4) is 0 Å². The minimum Gasteiger partial charge on any atom is -0.368 e. The predicted octanol–water partition coefficient (Wildman–Crippen LogP) is 1.85. The van der Waals surface area contributed by atoms with E-state index in [-0.39, 0.29) is 23.9 Å². The largest absolute Gasteiger partial charge is 0.368 e. The van der Waals surface area contributed by atoms with Crippen LogP contribution in [0.3, 0.4) is 0 Å². The van der Waals surface area contributed by atoms with E-state index in [4.69, 9.17) is 5.73 Å². The van der Waals surface area contributed by atoms with Crippen LogP contribution in [0.2, 0.25) is 0 Å². The molecule has 1 amide bonds. The van der Waals surface area contributed by atoms with E-state index < -0.39 is 0 Å². The van der Waals surface area contributed by atoms with Crippen molar-refractivity contribution < 1.29 is 4.79 Å². The van der Waals surface area contributed by atoms with E-state index in [2.05, 4.69) is 25.6 Å². The number of carbonyl (C=O) groups excluding carboxylic acids is 1. The summed E-state index contributed by atoms with van der Waals surface area (Å²) in [7, 11) is 1.83. The van der Waals surface area contributed by atoms with E-state index in [0.717, 1.165) is 11.3 Å². The van der Waals surface area contributed by atoms with E-state index in [1.165, 1.54) is 0 Å². The van der Waals surface area contributed by atoms with Crippen molar-refractivity contribution in [2.24, 2.45) is 0 Å². The first-order chi connectivity index (χ1) is 12.1. The lowest BCUT2D eigenvalue weighted by Crippen LogP contribution is -2.45. The standard InChI is InChI=1S/C18H27N7O/c1-12-8-6-7-9-13(12)20-17-22-14(21-16(19)23-17)10-25(5)11-15(26)24-18(2,3)4/h6-9H,10-11H2,1-5H3,(H,24,26)(H3,19,20,21,22,23). The van der Waals surface area contributed by atoms with E-state index in [0.29, 0.717) is 18.3 Å². The van der Waals surface area contributed by atoms with Gasteiger partial charge in [0, 0.05) is 11.2 Å². The lowest BCUT2D eigenvalue weighted by Gasteiger charge is -2.23. The number of nitrogens with one attached hydrogen (secondary N) is 2. The highest BCUT2D eigenvalue weighted by Crippen LogP contribution is 2.17. The highest BCUT2D eigenvalue weighted by Gasteiger charge is 2.16. The summed E-state index contributed by atoms with van der Waals surface area (Å²) < 4.78 is 0. The second-order valence-corrected chi connectivity index (χ2v) is 7.34. The lowest BCUT2D eigenvalue weighted by molar-refractivity contribution is -0.123. The second kappa shape index (κ2) is 8.09. The third kappa shape index (κ3) is 6.29. The summed E-state index contributed by atoms with van der Waals surface area (Å²) in [6.45, 7) is 8.45. The summed E-state index contributed by atoms with van der Waals surface area (Å²) in [6, 6.07) is 7.83. The number of nitrogens with zero attached hydrogens (tertiary/aromatic N) is 4. The lowest BCUT2D eigenvalue weighted by atomic mass is 10.1. The van der Waals surface area contributed by atoms with Crippen LogP contribution in [0.25, 0.3) is 0 Å². The van der Waals surface area contributed by atoms with Crippen LogP contribution in [0.5, 0.6) is 0 Å². The molecule has 1 aromatic carbocycles. The molecule has 0 saturated heterocycles. The molecule has 4 N–H and O–H groups in total. The van der Waals surface area contributed by atoms with Crippen LogP contribution in [0.4, 0.5) is 17.6 Å². The van der Waals surface area contributed by atoms with Gasteiger partial charge in [-0.15, -0.1) is 0 Å². The summed E-state index contributed by atoms with van der Waals surface area (Å²) in [4.78, 5) is 26.6. The molecule has 0 aliphatic rings. The molecule has 0 spiro atoms. The molecule has 2 aromatic rings. The zero-order chi connectivity index (χ0) is 19.3. The maximum absolute atomic E-state index is 12.0. The minimum absolute atomic E-state index is 0.0553.